The minimum absolute atomic E-state index is 0.640. The van der Waals surface area contributed by atoms with E-state index < -0.39 is 0 Å². The smallest absolute Gasteiger partial charge is 0.120 e. The van der Waals surface area contributed by atoms with Crippen LogP contribution in [0.5, 0.6) is 0 Å². The minimum atomic E-state index is 0.640. The van der Waals surface area contributed by atoms with Crippen LogP contribution in [0.4, 0.5) is 0 Å². The van der Waals surface area contributed by atoms with Crippen molar-refractivity contribution in [3.05, 3.63) is 48.6 Å². The Labute approximate surface area is 149 Å². The average molecular weight is 330 g/mol. The lowest BCUT2D eigenvalue weighted by Gasteiger charge is -1.86. The molecule has 134 valence electrons. The summed E-state index contributed by atoms with van der Waals surface area (Å²) in [5.74, 6) is 0. The molecule has 0 spiro atoms. The third kappa shape index (κ3) is 28.3. The van der Waals surface area contributed by atoms with E-state index in [9.17, 15) is 4.79 Å². The summed E-state index contributed by atoms with van der Waals surface area (Å²) in [5, 5.41) is 8.24. The molecule has 0 amide bonds. The first-order valence-electron chi connectivity index (χ1n) is 9.23. The lowest BCUT2D eigenvalue weighted by molar-refractivity contribution is -0.107. The summed E-state index contributed by atoms with van der Waals surface area (Å²) in [6.07, 6.45) is 27.9. The number of carbonyl (C=O) groups excluding carboxylic acids is 1. The molecule has 0 saturated heterocycles. The van der Waals surface area contributed by atoms with Gasteiger partial charge in [-0.2, -0.15) is 5.26 Å². The van der Waals surface area contributed by atoms with Crippen molar-refractivity contribution in [2.24, 2.45) is 0 Å². The van der Waals surface area contributed by atoms with E-state index in [1.807, 2.05) is 0 Å². The second-order valence-corrected chi connectivity index (χ2v) is 5.30. The predicted molar refractivity (Wildman–Crippen MR) is 106 cm³/mol. The Morgan fingerprint density at radius 1 is 0.625 bits per heavy atom. The number of unbranched alkanes of at least 4 members (excludes halogenated alkanes) is 4. The molecular formula is C22H35NO. The Balaban J connectivity index is 0. The van der Waals surface area contributed by atoms with Crippen LogP contribution >= 0.6 is 0 Å². The molecule has 0 unspecified atom stereocenters. The largest absolute Gasteiger partial charge is 0.303 e. The van der Waals surface area contributed by atoms with E-state index in [0.717, 1.165) is 57.7 Å². The first-order chi connectivity index (χ1) is 11.8. The maximum Gasteiger partial charge on any atom is 0.120 e. The molecule has 0 rings (SSSR count). The lowest BCUT2D eigenvalue weighted by atomic mass is 10.2. The Bertz CT molecular complexity index is 397. The molecule has 0 N–H and O–H groups in total. The predicted octanol–water partition coefficient (Wildman–Crippen LogP) is 6.86. The first kappa shape index (κ1) is 24.4. The standard InChI is InChI=1S/C11H17N.C11H18O/c2*1-2-3-4-5-6-7-8-9-10-11-12/h3-4,7-8H,2,5-6,9-10H2,1H3;3-4,7-8,11H,2,5-6,9-10H2,1H3/b2*4-3-,8-7-. The minimum Gasteiger partial charge on any atom is -0.303 e. The van der Waals surface area contributed by atoms with Crippen molar-refractivity contribution in [2.75, 3.05) is 0 Å². The Morgan fingerprint density at radius 2 is 1.00 bits per heavy atom. The van der Waals surface area contributed by atoms with E-state index >= 15 is 0 Å². The highest BCUT2D eigenvalue weighted by Crippen LogP contribution is 1.97. The molecule has 0 radical (unpaired) electrons. The molecular weight excluding hydrogens is 294 g/mol. The van der Waals surface area contributed by atoms with Crippen molar-refractivity contribution < 1.29 is 4.79 Å². The van der Waals surface area contributed by atoms with Gasteiger partial charge in [0.25, 0.3) is 0 Å². The summed E-state index contributed by atoms with van der Waals surface area (Å²) < 4.78 is 0. The SMILES string of the molecule is CC/C=C\CC/C=C\CCC#N.CC/C=C\CC/C=C\CCC=O. The molecule has 0 aliphatic carbocycles. The molecule has 2 heteroatoms. The van der Waals surface area contributed by atoms with Gasteiger partial charge in [-0.1, -0.05) is 62.5 Å². The zero-order valence-electron chi connectivity index (χ0n) is 15.6. The molecule has 2 nitrogen and oxygen atoms in total. The zero-order chi connectivity index (χ0) is 18.1. The van der Waals surface area contributed by atoms with Crippen LogP contribution in [0.3, 0.4) is 0 Å². The number of nitrogens with zero attached hydrogens (tertiary/aromatic N) is 1. The van der Waals surface area contributed by atoms with Gasteiger partial charge in [0.15, 0.2) is 0 Å². The van der Waals surface area contributed by atoms with Crippen LogP contribution in [0, 0.1) is 11.3 Å². The van der Waals surface area contributed by atoms with Crippen LogP contribution in [-0.2, 0) is 4.79 Å². The van der Waals surface area contributed by atoms with Crippen LogP contribution in [-0.4, -0.2) is 6.29 Å². The number of allylic oxidation sites excluding steroid dienone is 8. The third-order valence-electron chi connectivity index (χ3n) is 3.01. The summed E-state index contributed by atoms with van der Waals surface area (Å²) in [7, 11) is 0. The van der Waals surface area contributed by atoms with Crippen molar-refractivity contribution in [1.82, 2.24) is 0 Å². The highest BCUT2D eigenvalue weighted by atomic mass is 16.1. The molecule has 0 aliphatic rings. The average Bonchev–Trinajstić information content (AvgIpc) is 2.60. The van der Waals surface area contributed by atoms with Crippen molar-refractivity contribution in [3.8, 4) is 6.07 Å². The van der Waals surface area contributed by atoms with Gasteiger partial charge in [0.2, 0.25) is 0 Å². The fourth-order valence-corrected chi connectivity index (χ4v) is 1.74. The van der Waals surface area contributed by atoms with Gasteiger partial charge in [0.1, 0.15) is 6.29 Å². The highest BCUT2D eigenvalue weighted by Gasteiger charge is 1.79. The molecule has 24 heavy (non-hydrogen) atoms. The number of nitriles is 1. The molecule has 0 aromatic heterocycles. The molecule has 0 atom stereocenters. The second kappa shape index (κ2) is 26.0. The monoisotopic (exact) mass is 329 g/mol. The zero-order valence-corrected chi connectivity index (χ0v) is 15.6. The maximum absolute atomic E-state index is 9.93. The van der Waals surface area contributed by atoms with Crippen molar-refractivity contribution in [3.63, 3.8) is 0 Å². The van der Waals surface area contributed by atoms with Gasteiger partial charge in [-0.05, 0) is 51.4 Å². The van der Waals surface area contributed by atoms with Crippen molar-refractivity contribution >= 4 is 6.29 Å². The number of aldehydes is 1. The molecule has 0 heterocycles. The summed E-state index contributed by atoms with van der Waals surface area (Å²) in [4.78, 5) is 9.93. The second-order valence-electron chi connectivity index (χ2n) is 5.30. The van der Waals surface area contributed by atoms with Crippen molar-refractivity contribution in [1.29, 1.82) is 5.26 Å². The number of hydrogen-bond acceptors (Lipinski definition) is 2. The van der Waals surface area contributed by atoms with Crippen LogP contribution in [0.15, 0.2) is 48.6 Å². The topological polar surface area (TPSA) is 40.9 Å². The Hall–Kier alpha value is -1.88. The van der Waals surface area contributed by atoms with Crippen LogP contribution in [0.1, 0.15) is 78.1 Å². The van der Waals surface area contributed by atoms with Gasteiger partial charge in [-0.3, -0.25) is 0 Å². The Morgan fingerprint density at radius 3 is 1.38 bits per heavy atom. The van der Waals surface area contributed by atoms with E-state index in [-0.39, 0.29) is 0 Å². The van der Waals surface area contributed by atoms with E-state index in [1.54, 1.807) is 0 Å². The van der Waals surface area contributed by atoms with Crippen molar-refractivity contribution in [2.45, 2.75) is 78.1 Å². The summed E-state index contributed by atoms with van der Waals surface area (Å²) in [5.41, 5.74) is 0. The number of carbonyl (C=O) groups is 1. The summed E-state index contributed by atoms with van der Waals surface area (Å²) in [6.45, 7) is 4.27. The van der Waals surface area contributed by atoms with E-state index in [4.69, 9.17) is 5.26 Å². The van der Waals surface area contributed by atoms with E-state index in [1.165, 1.54) is 0 Å². The fourth-order valence-electron chi connectivity index (χ4n) is 1.74. The van der Waals surface area contributed by atoms with Gasteiger partial charge in [0, 0.05) is 12.8 Å². The third-order valence-corrected chi connectivity index (χ3v) is 3.01. The highest BCUT2D eigenvalue weighted by molar-refractivity contribution is 5.49. The Kier molecular flexibility index (Phi) is 26.4. The molecule has 0 bridgehead atoms. The maximum atomic E-state index is 9.93. The van der Waals surface area contributed by atoms with Crippen LogP contribution in [0.25, 0.3) is 0 Å². The van der Waals surface area contributed by atoms with Crippen LogP contribution in [0.2, 0.25) is 0 Å². The molecule has 0 fully saturated rings. The molecule has 0 aliphatic heterocycles. The fraction of sp³-hybridized carbons (Fsp3) is 0.545. The molecule has 0 aromatic carbocycles. The number of hydrogen-bond donors (Lipinski definition) is 0. The van der Waals surface area contributed by atoms with Crippen LogP contribution < -0.4 is 0 Å². The van der Waals surface area contributed by atoms with E-state index in [2.05, 4.69) is 68.5 Å². The lowest BCUT2D eigenvalue weighted by Crippen LogP contribution is -1.71. The summed E-state index contributed by atoms with van der Waals surface area (Å²) in [6, 6.07) is 2.11. The quantitative estimate of drug-likeness (QED) is 0.210. The normalized spacial score (nSPS) is 11.2. The molecule has 0 saturated carbocycles. The first-order valence-corrected chi connectivity index (χ1v) is 9.23. The molecule has 0 aromatic rings. The van der Waals surface area contributed by atoms with Gasteiger partial charge >= 0.3 is 0 Å². The van der Waals surface area contributed by atoms with Gasteiger partial charge in [-0.15, -0.1) is 0 Å². The number of rotatable bonds is 13. The summed E-state index contributed by atoms with van der Waals surface area (Å²) >= 11 is 0. The van der Waals surface area contributed by atoms with Gasteiger partial charge < -0.3 is 4.79 Å². The van der Waals surface area contributed by atoms with Gasteiger partial charge in [-0.25, -0.2) is 0 Å². The van der Waals surface area contributed by atoms with E-state index in [0.29, 0.717) is 12.8 Å². The van der Waals surface area contributed by atoms with Gasteiger partial charge in [0.05, 0.1) is 6.07 Å².